The molecule has 1 aromatic carbocycles. The molecule has 2 atom stereocenters. The van der Waals surface area contributed by atoms with E-state index >= 15 is 0 Å². The first-order valence-corrected chi connectivity index (χ1v) is 9.61. The Labute approximate surface area is 137 Å². The van der Waals surface area contributed by atoms with Crippen molar-refractivity contribution in [1.82, 2.24) is 15.4 Å². The number of amides is 1. The lowest BCUT2D eigenvalue weighted by atomic mass is 9.99. The van der Waals surface area contributed by atoms with Crippen molar-refractivity contribution in [3.63, 3.8) is 0 Å². The van der Waals surface area contributed by atoms with Crippen molar-refractivity contribution in [2.75, 3.05) is 6.54 Å². The number of piperidine rings is 1. The number of hydrogen-bond acceptors (Lipinski definition) is 4. The number of nitrogens with one attached hydrogen (secondary N) is 3. The van der Waals surface area contributed by atoms with Crippen LogP contribution in [0.2, 0.25) is 0 Å². The van der Waals surface area contributed by atoms with E-state index in [4.69, 9.17) is 0 Å². The zero-order valence-corrected chi connectivity index (χ0v) is 14.0. The minimum atomic E-state index is -3.47. The van der Waals surface area contributed by atoms with Crippen LogP contribution in [-0.2, 0) is 10.0 Å². The zero-order valence-electron chi connectivity index (χ0n) is 13.2. The fourth-order valence-electron chi connectivity index (χ4n) is 2.77. The van der Waals surface area contributed by atoms with Gasteiger partial charge in [0.2, 0.25) is 10.0 Å². The second kappa shape index (κ2) is 6.59. The van der Waals surface area contributed by atoms with E-state index in [9.17, 15) is 13.2 Å². The SMILES string of the molecule is CC1NCCCC1NC(=O)c1ccc(S(=O)(=O)NC2CC2)cc1. The van der Waals surface area contributed by atoms with Gasteiger partial charge in [-0.1, -0.05) is 0 Å². The molecule has 0 aromatic heterocycles. The van der Waals surface area contributed by atoms with Gasteiger partial charge in [-0.25, -0.2) is 13.1 Å². The minimum Gasteiger partial charge on any atom is -0.348 e. The molecule has 1 amide bonds. The standard InChI is InChI=1S/C16H23N3O3S/c1-11-15(3-2-10-17-11)18-16(20)12-4-8-14(9-5-12)23(21,22)19-13-6-7-13/h4-5,8-9,11,13,15,17,19H,2-3,6-7,10H2,1H3,(H,18,20). The molecule has 1 aliphatic carbocycles. The summed E-state index contributed by atoms with van der Waals surface area (Å²) >= 11 is 0. The molecule has 7 heteroatoms. The topological polar surface area (TPSA) is 87.3 Å². The van der Waals surface area contributed by atoms with Crippen LogP contribution in [0.5, 0.6) is 0 Å². The predicted octanol–water partition coefficient (Wildman–Crippen LogP) is 0.998. The normalized spacial score (nSPS) is 25.1. The van der Waals surface area contributed by atoms with E-state index in [1.807, 2.05) is 0 Å². The van der Waals surface area contributed by atoms with E-state index < -0.39 is 10.0 Å². The summed E-state index contributed by atoms with van der Waals surface area (Å²) in [5.41, 5.74) is 0.480. The Morgan fingerprint density at radius 3 is 2.48 bits per heavy atom. The Morgan fingerprint density at radius 2 is 1.87 bits per heavy atom. The number of rotatable bonds is 5. The molecular weight excluding hydrogens is 314 g/mol. The van der Waals surface area contributed by atoms with Crippen LogP contribution in [0.4, 0.5) is 0 Å². The van der Waals surface area contributed by atoms with E-state index in [0.29, 0.717) is 5.56 Å². The molecule has 2 fully saturated rings. The van der Waals surface area contributed by atoms with Gasteiger partial charge in [0, 0.05) is 23.7 Å². The van der Waals surface area contributed by atoms with Gasteiger partial charge in [0.25, 0.3) is 5.91 Å². The molecule has 1 heterocycles. The molecule has 6 nitrogen and oxygen atoms in total. The van der Waals surface area contributed by atoms with Crippen molar-refractivity contribution in [2.24, 2.45) is 0 Å². The molecule has 1 saturated carbocycles. The zero-order chi connectivity index (χ0) is 16.4. The highest BCUT2D eigenvalue weighted by Gasteiger charge is 2.28. The third-order valence-electron chi connectivity index (χ3n) is 4.40. The number of carbonyl (C=O) groups excluding carboxylic acids is 1. The van der Waals surface area contributed by atoms with Crippen molar-refractivity contribution < 1.29 is 13.2 Å². The van der Waals surface area contributed by atoms with Crippen LogP contribution in [0.25, 0.3) is 0 Å². The summed E-state index contributed by atoms with van der Waals surface area (Å²) < 4.78 is 26.8. The van der Waals surface area contributed by atoms with Crippen molar-refractivity contribution in [1.29, 1.82) is 0 Å². The van der Waals surface area contributed by atoms with Gasteiger partial charge in [0.15, 0.2) is 0 Å². The van der Waals surface area contributed by atoms with Crippen LogP contribution in [-0.4, -0.2) is 39.0 Å². The number of hydrogen-bond donors (Lipinski definition) is 3. The molecule has 2 aliphatic rings. The van der Waals surface area contributed by atoms with Crippen LogP contribution in [0.15, 0.2) is 29.2 Å². The molecular formula is C16H23N3O3S. The Morgan fingerprint density at radius 1 is 1.17 bits per heavy atom. The third kappa shape index (κ3) is 4.10. The first-order valence-electron chi connectivity index (χ1n) is 8.12. The molecule has 23 heavy (non-hydrogen) atoms. The molecule has 2 unspecified atom stereocenters. The first-order chi connectivity index (χ1) is 11.0. The highest BCUT2D eigenvalue weighted by Crippen LogP contribution is 2.22. The molecule has 1 saturated heterocycles. The molecule has 0 radical (unpaired) electrons. The maximum absolute atomic E-state index is 12.3. The molecule has 3 rings (SSSR count). The Bertz CT molecular complexity index is 668. The smallest absolute Gasteiger partial charge is 0.251 e. The highest BCUT2D eigenvalue weighted by atomic mass is 32.2. The van der Waals surface area contributed by atoms with Gasteiger partial charge in [-0.15, -0.1) is 0 Å². The largest absolute Gasteiger partial charge is 0.348 e. The van der Waals surface area contributed by atoms with E-state index in [-0.39, 0.29) is 28.9 Å². The Balaban J connectivity index is 1.65. The maximum Gasteiger partial charge on any atom is 0.251 e. The van der Waals surface area contributed by atoms with E-state index in [1.54, 1.807) is 12.1 Å². The summed E-state index contributed by atoms with van der Waals surface area (Å²) in [5, 5.41) is 6.36. The van der Waals surface area contributed by atoms with Gasteiger partial charge in [0.05, 0.1) is 4.90 Å². The lowest BCUT2D eigenvalue weighted by molar-refractivity contribution is 0.0919. The molecule has 126 valence electrons. The lowest BCUT2D eigenvalue weighted by Gasteiger charge is -2.30. The van der Waals surface area contributed by atoms with Crippen LogP contribution in [0.3, 0.4) is 0 Å². The highest BCUT2D eigenvalue weighted by molar-refractivity contribution is 7.89. The van der Waals surface area contributed by atoms with Crippen molar-refractivity contribution in [3.05, 3.63) is 29.8 Å². The molecule has 3 N–H and O–H groups in total. The van der Waals surface area contributed by atoms with Crippen LogP contribution >= 0.6 is 0 Å². The fraction of sp³-hybridized carbons (Fsp3) is 0.562. The van der Waals surface area contributed by atoms with Crippen LogP contribution in [0, 0.1) is 0 Å². The summed E-state index contributed by atoms with van der Waals surface area (Å²) in [6.07, 6.45) is 3.79. The average Bonchev–Trinajstić information content (AvgIpc) is 3.33. The van der Waals surface area contributed by atoms with Gasteiger partial charge in [-0.3, -0.25) is 4.79 Å². The summed E-state index contributed by atoms with van der Waals surface area (Å²) in [4.78, 5) is 12.5. The van der Waals surface area contributed by atoms with Crippen molar-refractivity contribution in [2.45, 2.75) is 55.6 Å². The fourth-order valence-corrected chi connectivity index (χ4v) is 4.07. The molecule has 0 bridgehead atoms. The molecule has 0 spiro atoms. The summed E-state index contributed by atoms with van der Waals surface area (Å²) in [6.45, 7) is 3.04. The minimum absolute atomic E-state index is 0.0725. The number of carbonyl (C=O) groups is 1. The summed E-state index contributed by atoms with van der Waals surface area (Å²) in [6, 6.07) is 6.54. The average molecular weight is 337 g/mol. The summed E-state index contributed by atoms with van der Waals surface area (Å²) in [5.74, 6) is -0.162. The number of benzene rings is 1. The lowest BCUT2D eigenvalue weighted by Crippen LogP contribution is -2.51. The van der Waals surface area contributed by atoms with E-state index in [0.717, 1.165) is 32.2 Å². The second-order valence-corrected chi connectivity index (χ2v) is 8.10. The molecule has 1 aromatic rings. The third-order valence-corrected chi connectivity index (χ3v) is 5.94. The first kappa shape index (κ1) is 16.4. The quantitative estimate of drug-likeness (QED) is 0.748. The van der Waals surface area contributed by atoms with Gasteiger partial charge >= 0.3 is 0 Å². The van der Waals surface area contributed by atoms with E-state index in [1.165, 1.54) is 12.1 Å². The van der Waals surface area contributed by atoms with Crippen LogP contribution < -0.4 is 15.4 Å². The predicted molar refractivity (Wildman–Crippen MR) is 87.7 cm³/mol. The van der Waals surface area contributed by atoms with Crippen molar-refractivity contribution >= 4 is 15.9 Å². The number of sulfonamides is 1. The Kier molecular flexibility index (Phi) is 4.70. The van der Waals surface area contributed by atoms with Gasteiger partial charge < -0.3 is 10.6 Å². The Hall–Kier alpha value is -1.44. The monoisotopic (exact) mass is 337 g/mol. The molecule has 1 aliphatic heterocycles. The van der Waals surface area contributed by atoms with E-state index in [2.05, 4.69) is 22.3 Å². The van der Waals surface area contributed by atoms with Crippen molar-refractivity contribution in [3.8, 4) is 0 Å². The van der Waals surface area contributed by atoms with Gasteiger partial charge in [-0.05, 0) is 63.4 Å². The second-order valence-electron chi connectivity index (χ2n) is 6.38. The van der Waals surface area contributed by atoms with Gasteiger partial charge in [0.1, 0.15) is 0 Å². The maximum atomic E-state index is 12.3. The summed E-state index contributed by atoms with van der Waals surface area (Å²) in [7, 11) is -3.47. The van der Waals surface area contributed by atoms with Crippen LogP contribution in [0.1, 0.15) is 43.0 Å². The van der Waals surface area contributed by atoms with Gasteiger partial charge in [-0.2, -0.15) is 0 Å².